The van der Waals surface area contributed by atoms with Crippen molar-refractivity contribution in [3.63, 3.8) is 0 Å². The van der Waals surface area contributed by atoms with Gasteiger partial charge in [0.1, 0.15) is 0 Å². The van der Waals surface area contributed by atoms with Crippen molar-refractivity contribution in [1.82, 2.24) is 10.3 Å². The summed E-state index contributed by atoms with van der Waals surface area (Å²) in [7, 11) is 0. The van der Waals surface area contributed by atoms with E-state index < -0.39 is 0 Å². The summed E-state index contributed by atoms with van der Waals surface area (Å²) in [6.45, 7) is 8.25. The number of pyridine rings is 1. The lowest BCUT2D eigenvalue weighted by Crippen LogP contribution is -2.33. The Morgan fingerprint density at radius 3 is 2.76 bits per heavy atom. The Hall–Kier alpha value is -1.58. The van der Waals surface area contributed by atoms with Crippen molar-refractivity contribution >= 4 is 5.96 Å². The number of nitrogens with zero attached hydrogens (tertiary/aromatic N) is 2. The van der Waals surface area contributed by atoms with E-state index in [1.54, 1.807) is 6.20 Å². The second-order valence-corrected chi connectivity index (χ2v) is 5.85. The van der Waals surface area contributed by atoms with Gasteiger partial charge in [-0.25, -0.2) is 0 Å². The molecular weight excluding hydrogens is 260 g/mol. The van der Waals surface area contributed by atoms with E-state index in [4.69, 9.17) is 5.73 Å². The fourth-order valence-electron chi connectivity index (χ4n) is 2.32. The molecule has 4 heteroatoms. The summed E-state index contributed by atoms with van der Waals surface area (Å²) in [5.41, 5.74) is 7.17. The van der Waals surface area contributed by atoms with Crippen LogP contribution in [0.1, 0.15) is 57.9 Å². The Bertz CT molecular complexity index is 401. The highest BCUT2D eigenvalue weighted by Crippen LogP contribution is 2.23. The van der Waals surface area contributed by atoms with E-state index in [0.717, 1.165) is 13.0 Å². The Morgan fingerprint density at radius 2 is 2.14 bits per heavy atom. The molecule has 4 nitrogen and oxygen atoms in total. The topological polar surface area (TPSA) is 63.3 Å². The number of nitrogens with one attached hydrogen (secondary N) is 1. The van der Waals surface area contributed by atoms with Gasteiger partial charge in [0.05, 0.1) is 0 Å². The summed E-state index contributed by atoms with van der Waals surface area (Å²) in [5.74, 6) is 1.43. The third kappa shape index (κ3) is 7.11. The van der Waals surface area contributed by atoms with Gasteiger partial charge in [0.2, 0.25) is 0 Å². The minimum Gasteiger partial charge on any atom is -0.370 e. The van der Waals surface area contributed by atoms with E-state index in [0.29, 0.717) is 24.3 Å². The van der Waals surface area contributed by atoms with E-state index in [1.807, 2.05) is 12.3 Å². The average molecular weight is 290 g/mol. The molecule has 1 aromatic heterocycles. The van der Waals surface area contributed by atoms with Crippen molar-refractivity contribution in [1.29, 1.82) is 0 Å². The number of guanidine groups is 1. The molecule has 0 fully saturated rings. The highest BCUT2D eigenvalue weighted by Gasteiger charge is 2.15. The Kier molecular flexibility index (Phi) is 8.48. The van der Waals surface area contributed by atoms with Crippen molar-refractivity contribution in [3.05, 3.63) is 30.1 Å². The smallest absolute Gasteiger partial charge is 0.188 e. The second kappa shape index (κ2) is 10.2. The first-order valence-corrected chi connectivity index (χ1v) is 8.08. The maximum absolute atomic E-state index is 5.94. The van der Waals surface area contributed by atoms with Crippen molar-refractivity contribution in [2.75, 3.05) is 13.1 Å². The quantitative estimate of drug-likeness (QED) is 0.417. The van der Waals surface area contributed by atoms with Crippen LogP contribution in [0, 0.1) is 5.92 Å². The molecule has 0 saturated carbocycles. The summed E-state index contributed by atoms with van der Waals surface area (Å²) < 4.78 is 0. The SMILES string of the molecule is CCCCCCNC(N)=NCC(c1cccnc1)C(C)C. The highest BCUT2D eigenvalue weighted by atomic mass is 15.1. The normalized spacial score (nSPS) is 13.4. The monoisotopic (exact) mass is 290 g/mol. The fraction of sp³-hybridized carbons (Fsp3) is 0.647. The number of hydrogen-bond acceptors (Lipinski definition) is 2. The lowest BCUT2D eigenvalue weighted by Gasteiger charge is -2.19. The summed E-state index contributed by atoms with van der Waals surface area (Å²) >= 11 is 0. The zero-order chi connectivity index (χ0) is 15.5. The Morgan fingerprint density at radius 1 is 1.33 bits per heavy atom. The zero-order valence-electron chi connectivity index (χ0n) is 13.7. The second-order valence-electron chi connectivity index (χ2n) is 5.85. The van der Waals surface area contributed by atoms with E-state index in [1.165, 1.54) is 24.8 Å². The Balaban J connectivity index is 2.43. The molecule has 0 aromatic carbocycles. The van der Waals surface area contributed by atoms with Gasteiger partial charge in [-0.3, -0.25) is 9.98 Å². The summed E-state index contributed by atoms with van der Waals surface area (Å²) in [6, 6.07) is 4.09. The van der Waals surface area contributed by atoms with Gasteiger partial charge in [-0.2, -0.15) is 0 Å². The zero-order valence-corrected chi connectivity index (χ0v) is 13.7. The molecule has 1 unspecified atom stereocenters. The molecule has 0 aliphatic rings. The summed E-state index contributed by atoms with van der Waals surface area (Å²) in [4.78, 5) is 8.69. The molecule has 0 amide bonds. The number of rotatable bonds is 9. The van der Waals surface area contributed by atoms with Gasteiger partial charge in [0.15, 0.2) is 5.96 Å². The summed E-state index contributed by atoms with van der Waals surface area (Å²) in [5, 5.41) is 3.20. The van der Waals surface area contributed by atoms with Crippen LogP contribution in [-0.4, -0.2) is 24.0 Å². The fourth-order valence-corrected chi connectivity index (χ4v) is 2.32. The van der Waals surface area contributed by atoms with Crippen molar-refractivity contribution in [2.45, 2.75) is 52.4 Å². The van der Waals surface area contributed by atoms with Crippen molar-refractivity contribution in [2.24, 2.45) is 16.6 Å². The van der Waals surface area contributed by atoms with Gasteiger partial charge in [-0.15, -0.1) is 0 Å². The third-order valence-corrected chi connectivity index (χ3v) is 3.71. The van der Waals surface area contributed by atoms with Crippen LogP contribution in [0.5, 0.6) is 0 Å². The van der Waals surface area contributed by atoms with E-state index in [-0.39, 0.29) is 0 Å². The van der Waals surface area contributed by atoms with Crippen LogP contribution in [0.15, 0.2) is 29.5 Å². The van der Waals surface area contributed by atoms with Crippen LogP contribution < -0.4 is 11.1 Å². The first kappa shape index (κ1) is 17.5. The molecule has 1 heterocycles. The maximum atomic E-state index is 5.94. The molecule has 1 atom stereocenters. The number of aromatic nitrogens is 1. The van der Waals surface area contributed by atoms with Gasteiger partial charge >= 0.3 is 0 Å². The van der Waals surface area contributed by atoms with E-state index in [9.17, 15) is 0 Å². The number of aliphatic imine (C=N–C) groups is 1. The largest absolute Gasteiger partial charge is 0.370 e. The number of hydrogen-bond donors (Lipinski definition) is 2. The summed E-state index contributed by atoms with van der Waals surface area (Å²) in [6.07, 6.45) is 8.67. The molecule has 0 spiro atoms. The molecule has 1 aromatic rings. The van der Waals surface area contributed by atoms with Gasteiger partial charge in [-0.05, 0) is 24.0 Å². The van der Waals surface area contributed by atoms with Gasteiger partial charge in [0.25, 0.3) is 0 Å². The minimum absolute atomic E-state index is 0.360. The van der Waals surface area contributed by atoms with Gasteiger partial charge in [-0.1, -0.05) is 46.1 Å². The molecule has 0 saturated heterocycles. The standard InChI is InChI=1S/C17H30N4/c1-4-5-6-7-11-20-17(18)21-13-16(14(2)3)15-9-8-10-19-12-15/h8-10,12,14,16H,4-7,11,13H2,1-3H3,(H3,18,20,21). The number of nitrogens with two attached hydrogens (primary N) is 1. The lowest BCUT2D eigenvalue weighted by molar-refractivity contribution is 0.505. The molecule has 0 aliphatic carbocycles. The van der Waals surface area contributed by atoms with Crippen LogP contribution >= 0.6 is 0 Å². The van der Waals surface area contributed by atoms with Gasteiger partial charge < -0.3 is 11.1 Å². The van der Waals surface area contributed by atoms with Crippen molar-refractivity contribution < 1.29 is 0 Å². The predicted molar refractivity (Wildman–Crippen MR) is 90.5 cm³/mol. The first-order valence-electron chi connectivity index (χ1n) is 8.08. The van der Waals surface area contributed by atoms with Crippen molar-refractivity contribution in [3.8, 4) is 0 Å². The van der Waals surface area contributed by atoms with E-state index >= 15 is 0 Å². The average Bonchev–Trinajstić information content (AvgIpc) is 2.48. The molecule has 0 aliphatic heterocycles. The van der Waals surface area contributed by atoms with Crippen LogP contribution in [0.3, 0.4) is 0 Å². The lowest BCUT2D eigenvalue weighted by atomic mass is 9.89. The molecular formula is C17H30N4. The predicted octanol–water partition coefficient (Wildman–Crippen LogP) is 3.31. The molecule has 0 bridgehead atoms. The minimum atomic E-state index is 0.360. The maximum Gasteiger partial charge on any atom is 0.188 e. The third-order valence-electron chi connectivity index (χ3n) is 3.71. The molecule has 118 valence electrons. The Labute approximate surface area is 129 Å². The highest BCUT2D eigenvalue weighted by molar-refractivity contribution is 5.77. The first-order chi connectivity index (χ1) is 10.1. The van der Waals surface area contributed by atoms with Crippen LogP contribution in [0.2, 0.25) is 0 Å². The van der Waals surface area contributed by atoms with Crippen LogP contribution in [0.4, 0.5) is 0 Å². The molecule has 3 N–H and O–H groups in total. The van der Waals surface area contributed by atoms with Crippen LogP contribution in [0.25, 0.3) is 0 Å². The molecule has 21 heavy (non-hydrogen) atoms. The van der Waals surface area contributed by atoms with Crippen LogP contribution in [-0.2, 0) is 0 Å². The van der Waals surface area contributed by atoms with E-state index in [2.05, 4.69) is 42.1 Å². The number of unbranched alkanes of at least 4 members (excludes halogenated alkanes) is 3. The van der Waals surface area contributed by atoms with Gasteiger partial charge in [0, 0.05) is 31.4 Å². The molecule has 0 radical (unpaired) electrons. The molecule has 1 rings (SSSR count).